The Morgan fingerprint density at radius 1 is 0.403 bits per heavy atom. The van der Waals surface area contributed by atoms with E-state index in [1.54, 1.807) is 0 Å². The smallest absolute Gasteiger partial charge is 0.145 e. The lowest BCUT2D eigenvalue weighted by molar-refractivity contribution is 0.670. The Morgan fingerprint density at radius 3 is 1.90 bits per heavy atom. The molecular weight excluding hydrogens is 773 g/mol. The minimum atomic E-state index is 0.855. The van der Waals surface area contributed by atoms with Crippen LogP contribution < -0.4 is 4.90 Å². The number of rotatable bonds is 6. The standard InChI is InChI=1S/C58H36N2OS/c1-2-19-41-37(15-1)16-14-28-49(41)59(40-18-13-17-38(35-40)39-31-34-56-48(36-39)45-23-7-12-30-55(45)62-56)53-33-32-46-44-22-6-11-29-54(44)61-58(46)57(53)47-24-5-10-27-52(47)60-50-25-8-3-20-42(50)43-21-4-9-26-51(43)60/h1-36H. The average Bonchev–Trinajstić information content (AvgIpc) is 4.01. The largest absolute Gasteiger partial charge is 0.455 e. The predicted molar refractivity (Wildman–Crippen MR) is 264 cm³/mol. The SMILES string of the molecule is c1cc(-c2ccc3sc4ccccc4c3c2)cc(N(c2ccc3c(oc4ccccc43)c2-c2ccccc2-n2c3ccccc3c3ccccc32)c2cccc3ccccc23)c1. The van der Waals surface area contributed by atoms with Crippen molar-refractivity contribution in [1.82, 2.24) is 4.57 Å². The number of nitrogens with zero attached hydrogens (tertiary/aromatic N) is 2. The molecule has 0 aliphatic carbocycles. The van der Waals surface area contributed by atoms with Crippen LogP contribution in [0.5, 0.6) is 0 Å². The predicted octanol–water partition coefficient (Wildman–Crippen LogP) is 17.0. The van der Waals surface area contributed by atoms with Crippen molar-refractivity contribution in [3.05, 3.63) is 218 Å². The topological polar surface area (TPSA) is 21.3 Å². The number of thiophene rings is 1. The summed E-state index contributed by atoms with van der Waals surface area (Å²) in [5.74, 6) is 0. The third-order valence-electron chi connectivity index (χ3n) is 12.6. The molecule has 0 aliphatic rings. The second-order valence-corrected chi connectivity index (χ2v) is 17.1. The summed E-state index contributed by atoms with van der Waals surface area (Å²) in [7, 11) is 0. The molecule has 3 aromatic heterocycles. The minimum Gasteiger partial charge on any atom is -0.455 e. The quantitative estimate of drug-likeness (QED) is 0.167. The van der Waals surface area contributed by atoms with Gasteiger partial charge in [-0.3, -0.25) is 0 Å². The highest BCUT2D eigenvalue weighted by molar-refractivity contribution is 7.25. The molecule has 0 saturated heterocycles. The van der Waals surface area contributed by atoms with Gasteiger partial charge in [0.25, 0.3) is 0 Å². The fraction of sp³-hybridized carbons (Fsp3) is 0. The van der Waals surface area contributed by atoms with Crippen LogP contribution in [0.2, 0.25) is 0 Å². The first-order chi connectivity index (χ1) is 30.8. The summed E-state index contributed by atoms with van der Waals surface area (Å²) in [6.07, 6.45) is 0. The molecule has 290 valence electrons. The molecule has 0 radical (unpaired) electrons. The first-order valence-electron chi connectivity index (χ1n) is 21.1. The molecular formula is C58H36N2OS. The zero-order valence-corrected chi connectivity index (χ0v) is 34.3. The van der Waals surface area contributed by atoms with Crippen LogP contribution in [0.4, 0.5) is 17.1 Å². The van der Waals surface area contributed by atoms with Crippen molar-refractivity contribution < 1.29 is 4.42 Å². The van der Waals surface area contributed by atoms with Gasteiger partial charge >= 0.3 is 0 Å². The van der Waals surface area contributed by atoms with Gasteiger partial charge in [0, 0.05) is 58.4 Å². The molecule has 62 heavy (non-hydrogen) atoms. The fourth-order valence-corrected chi connectivity index (χ4v) is 10.9. The van der Waals surface area contributed by atoms with Gasteiger partial charge in [0.15, 0.2) is 0 Å². The van der Waals surface area contributed by atoms with E-state index >= 15 is 0 Å². The van der Waals surface area contributed by atoms with Crippen LogP contribution in [-0.2, 0) is 0 Å². The number of benzene rings is 10. The Balaban J connectivity index is 1.12. The maximum Gasteiger partial charge on any atom is 0.145 e. The zero-order valence-electron chi connectivity index (χ0n) is 33.5. The van der Waals surface area contributed by atoms with E-state index in [9.17, 15) is 0 Å². The average molecular weight is 809 g/mol. The number of furan rings is 1. The third kappa shape index (κ3) is 5.30. The molecule has 10 aromatic carbocycles. The van der Waals surface area contributed by atoms with Crippen molar-refractivity contribution in [3.8, 4) is 27.9 Å². The normalized spacial score (nSPS) is 11.9. The molecule has 0 fully saturated rings. The van der Waals surface area contributed by atoms with Crippen LogP contribution in [0.15, 0.2) is 223 Å². The second kappa shape index (κ2) is 13.8. The van der Waals surface area contributed by atoms with Crippen molar-refractivity contribution in [3.63, 3.8) is 0 Å². The summed E-state index contributed by atoms with van der Waals surface area (Å²) < 4.78 is 12.1. The molecule has 0 amide bonds. The van der Waals surface area contributed by atoms with E-state index in [1.807, 2.05) is 11.3 Å². The molecule has 4 heteroatoms. The Kier molecular flexibility index (Phi) is 7.78. The van der Waals surface area contributed by atoms with Crippen LogP contribution in [0, 0.1) is 0 Å². The molecule has 0 spiro atoms. The Hall–Kier alpha value is -7.92. The Morgan fingerprint density at radius 2 is 1.05 bits per heavy atom. The number of hydrogen-bond acceptors (Lipinski definition) is 3. The van der Waals surface area contributed by atoms with E-state index in [0.717, 1.165) is 77.8 Å². The molecule has 3 nitrogen and oxygen atoms in total. The molecule has 0 atom stereocenters. The van der Waals surface area contributed by atoms with Crippen molar-refractivity contribution in [1.29, 1.82) is 0 Å². The fourth-order valence-electron chi connectivity index (χ4n) is 9.83. The monoisotopic (exact) mass is 808 g/mol. The number of fused-ring (bicyclic) bond motifs is 10. The summed E-state index contributed by atoms with van der Waals surface area (Å²) in [6.45, 7) is 0. The van der Waals surface area contributed by atoms with E-state index in [0.29, 0.717) is 0 Å². The summed E-state index contributed by atoms with van der Waals surface area (Å²) in [5, 5.41) is 9.56. The molecule has 0 saturated carbocycles. The van der Waals surface area contributed by atoms with Crippen LogP contribution in [0.1, 0.15) is 0 Å². The molecule has 13 rings (SSSR count). The van der Waals surface area contributed by atoms with Gasteiger partial charge in [-0.1, -0.05) is 146 Å². The lowest BCUT2D eigenvalue weighted by atomic mass is 9.96. The highest BCUT2D eigenvalue weighted by Gasteiger charge is 2.26. The van der Waals surface area contributed by atoms with E-state index in [1.165, 1.54) is 41.9 Å². The second-order valence-electron chi connectivity index (χ2n) is 16.0. The van der Waals surface area contributed by atoms with E-state index < -0.39 is 0 Å². The van der Waals surface area contributed by atoms with E-state index in [4.69, 9.17) is 4.42 Å². The molecule has 3 heterocycles. The number of anilines is 3. The number of hydrogen-bond donors (Lipinski definition) is 0. The van der Waals surface area contributed by atoms with Gasteiger partial charge in [0.2, 0.25) is 0 Å². The van der Waals surface area contributed by atoms with Crippen LogP contribution in [0.3, 0.4) is 0 Å². The maximum atomic E-state index is 7.06. The summed E-state index contributed by atoms with van der Waals surface area (Å²) in [6, 6.07) is 79.3. The Bertz CT molecular complexity index is 3850. The summed E-state index contributed by atoms with van der Waals surface area (Å²) in [5.41, 5.74) is 12.7. The van der Waals surface area contributed by atoms with Gasteiger partial charge in [-0.25, -0.2) is 0 Å². The van der Waals surface area contributed by atoms with Crippen LogP contribution in [0.25, 0.3) is 103 Å². The molecule has 0 aliphatic heterocycles. The Labute approximate surface area is 361 Å². The third-order valence-corrected chi connectivity index (χ3v) is 13.7. The van der Waals surface area contributed by atoms with Crippen LogP contribution >= 0.6 is 11.3 Å². The van der Waals surface area contributed by atoms with Gasteiger partial charge in [0.1, 0.15) is 11.2 Å². The van der Waals surface area contributed by atoms with Crippen LogP contribution in [-0.4, -0.2) is 4.57 Å². The van der Waals surface area contributed by atoms with Gasteiger partial charge in [-0.05, 0) is 89.3 Å². The lowest BCUT2D eigenvalue weighted by Crippen LogP contribution is -2.12. The maximum absolute atomic E-state index is 7.06. The highest BCUT2D eigenvalue weighted by atomic mass is 32.1. The number of aromatic nitrogens is 1. The molecule has 0 bridgehead atoms. The first kappa shape index (κ1) is 34.9. The molecule has 0 N–H and O–H groups in total. The summed E-state index contributed by atoms with van der Waals surface area (Å²) in [4.78, 5) is 2.45. The zero-order chi connectivity index (χ0) is 40.7. The number of para-hydroxylation sites is 4. The van der Waals surface area contributed by atoms with E-state index in [2.05, 4.69) is 228 Å². The van der Waals surface area contributed by atoms with Crippen molar-refractivity contribution in [2.75, 3.05) is 4.90 Å². The lowest BCUT2D eigenvalue weighted by Gasteiger charge is -2.30. The van der Waals surface area contributed by atoms with Gasteiger partial charge < -0.3 is 13.9 Å². The highest BCUT2D eigenvalue weighted by Crippen LogP contribution is 2.50. The summed E-state index contributed by atoms with van der Waals surface area (Å²) >= 11 is 1.85. The molecule has 0 unspecified atom stereocenters. The first-order valence-corrected chi connectivity index (χ1v) is 21.9. The van der Waals surface area contributed by atoms with Crippen molar-refractivity contribution >= 4 is 103 Å². The van der Waals surface area contributed by atoms with Gasteiger partial charge in [-0.2, -0.15) is 0 Å². The molecule has 13 aromatic rings. The van der Waals surface area contributed by atoms with E-state index in [-0.39, 0.29) is 0 Å². The van der Waals surface area contributed by atoms with Gasteiger partial charge in [0.05, 0.1) is 33.7 Å². The van der Waals surface area contributed by atoms with Crippen molar-refractivity contribution in [2.24, 2.45) is 0 Å². The van der Waals surface area contributed by atoms with Crippen molar-refractivity contribution in [2.45, 2.75) is 0 Å². The van der Waals surface area contributed by atoms with Gasteiger partial charge in [-0.15, -0.1) is 11.3 Å². The minimum absolute atomic E-state index is 0.855.